The summed E-state index contributed by atoms with van der Waals surface area (Å²) in [5.41, 5.74) is 1.63. The summed E-state index contributed by atoms with van der Waals surface area (Å²) >= 11 is 1.49. The summed E-state index contributed by atoms with van der Waals surface area (Å²) in [6.45, 7) is 2.05. The van der Waals surface area contributed by atoms with Gasteiger partial charge in [0.2, 0.25) is 5.78 Å². The molecule has 15 heavy (non-hydrogen) atoms. The molecule has 2 aromatic heterocycles. The summed E-state index contributed by atoms with van der Waals surface area (Å²) in [5, 5.41) is 6.07. The Morgan fingerprint density at radius 3 is 2.93 bits per heavy atom. The Balaban J connectivity index is 2.36. The molecule has 0 saturated heterocycles. The summed E-state index contributed by atoms with van der Waals surface area (Å²) in [6.07, 6.45) is 2.67. The molecular formula is C11H12N2OS. The van der Waals surface area contributed by atoms with E-state index in [1.54, 1.807) is 16.9 Å². The molecule has 0 aliphatic heterocycles. The molecule has 0 bridgehead atoms. The van der Waals surface area contributed by atoms with E-state index >= 15 is 0 Å². The molecule has 4 heteroatoms. The fourth-order valence-corrected chi connectivity index (χ4v) is 2.41. The van der Waals surface area contributed by atoms with Gasteiger partial charge in [0.05, 0.1) is 4.88 Å². The molecule has 0 unspecified atom stereocenters. The van der Waals surface area contributed by atoms with Crippen LogP contribution in [0, 0.1) is 0 Å². The normalized spacial score (nSPS) is 10.5. The van der Waals surface area contributed by atoms with Crippen LogP contribution in [0.3, 0.4) is 0 Å². The van der Waals surface area contributed by atoms with Gasteiger partial charge in [-0.1, -0.05) is 6.92 Å². The molecule has 0 amide bonds. The monoisotopic (exact) mass is 220 g/mol. The topological polar surface area (TPSA) is 34.9 Å². The van der Waals surface area contributed by atoms with Gasteiger partial charge in [0.15, 0.2) is 0 Å². The van der Waals surface area contributed by atoms with Crippen LogP contribution in [0.25, 0.3) is 0 Å². The predicted molar refractivity (Wildman–Crippen MR) is 60.3 cm³/mol. The minimum absolute atomic E-state index is 0.0300. The Morgan fingerprint density at radius 1 is 1.53 bits per heavy atom. The maximum atomic E-state index is 12.0. The summed E-state index contributed by atoms with van der Waals surface area (Å²) < 4.78 is 1.65. The fraction of sp³-hybridized carbons (Fsp3) is 0.273. The molecule has 2 heterocycles. The zero-order valence-corrected chi connectivity index (χ0v) is 9.54. The zero-order chi connectivity index (χ0) is 10.8. The minimum atomic E-state index is 0.0300. The lowest BCUT2D eigenvalue weighted by molar-refractivity contribution is 0.103. The lowest BCUT2D eigenvalue weighted by atomic mass is 10.1. The molecule has 0 aromatic carbocycles. The van der Waals surface area contributed by atoms with E-state index in [9.17, 15) is 4.79 Å². The number of rotatable bonds is 3. The molecule has 0 fully saturated rings. The first-order valence-electron chi connectivity index (χ1n) is 4.83. The van der Waals surface area contributed by atoms with Crippen LogP contribution in [0.5, 0.6) is 0 Å². The largest absolute Gasteiger partial charge is 0.286 e. The maximum Gasteiger partial charge on any atom is 0.223 e. The van der Waals surface area contributed by atoms with Crippen molar-refractivity contribution in [2.45, 2.75) is 13.3 Å². The maximum absolute atomic E-state index is 12.0. The van der Waals surface area contributed by atoms with E-state index in [0.717, 1.165) is 16.9 Å². The molecule has 2 rings (SSSR count). The Kier molecular flexibility index (Phi) is 2.68. The summed E-state index contributed by atoms with van der Waals surface area (Å²) in [4.78, 5) is 12.9. The van der Waals surface area contributed by atoms with Crippen LogP contribution in [0.15, 0.2) is 23.7 Å². The SMILES string of the molecule is CCc1ccsc1C(=O)c1ccn(C)n1. The second-order valence-corrected chi connectivity index (χ2v) is 4.25. The molecule has 0 aliphatic carbocycles. The van der Waals surface area contributed by atoms with Gasteiger partial charge in [-0.25, -0.2) is 0 Å². The van der Waals surface area contributed by atoms with Gasteiger partial charge in [-0.2, -0.15) is 5.10 Å². The Bertz CT molecular complexity index is 484. The van der Waals surface area contributed by atoms with Crippen molar-refractivity contribution < 1.29 is 4.79 Å². The summed E-state index contributed by atoms with van der Waals surface area (Å²) in [5.74, 6) is 0.0300. The highest BCUT2D eigenvalue weighted by atomic mass is 32.1. The van der Waals surface area contributed by atoms with Gasteiger partial charge < -0.3 is 0 Å². The molecule has 0 N–H and O–H groups in total. The van der Waals surface area contributed by atoms with Crippen molar-refractivity contribution in [2.75, 3.05) is 0 Å². The second kappa shape index (κ2) is 3.98. The Hall–Kier alpha value is -1.42. The lowest BCUT2D eigenvalue weighted by Crippen LogP contribution is -2.03. The van der Waals surface area contributed by atoms with Gasteiger partial charge in [0.1, 0.15) is 5.69 Å². The van der Waals surface area contributed by atoms with E-state index in [0.29, 0.717) is 5.69 Å². The van der Waals surface area contributed by atoms with Crippen molar-refractivity contribution in [3.63, 3.8) is 0 Å². The van der Waals surface area contributed by atoms with Gasteiger partial charge in [-0.15, -0.1) is 11.3 Å². The van der Waals surface area contributed by atoms with Crippen molar-refractivity contribution in [2.24, 2.45) is 7.05 Å². The highest BCUT2D eigenvalue weighted by molar-refractivity contribution is 7.12. The van der Waals surface area contributed by atoms with Gasteiger partial charge >= 0.3 is 0 Å². The molecular weight excluding hydrogens is 208 g/mol. The average molecular weight is 220 g/mol. The molecule has 0 aliphatic rings. The Labute approximate surface area is 92.4 Å². The molecule has 2 aromatic rings. The average Bonchev–Trinajstić information content (AvgIpc) is 2.84. The lowest BCUT2D eigenvalue weighted by Gasteiger charge is -1.97. The van der Waals surface area contributed by atoms with E-state index in [1.165, 1.54) is 11.3 Å². The first-order chi connectivity index (χ1) is 7.22. The summed E-state index contributed by atoms with van der Waals surface area (Å²) in [6, 6.07) is 3.75. The molecule has 0 atom stereocenters. The number of aryl methyl sites for hydroxylation is 2. The minimum Gasteiger partial charge on any atom is -0.286 e. The van der Waals surface area contributed by atoms with Gasteiger partial charge in [-0.3, -0.25) is 9.48 Å². The number of nitrogens with zero attached hydrogens (tertiary/aromatic N) is 2. The zero-order valence-electron chi connectivity index (χ0n) is 8.73. The quantitative estimate of drug-likeness (QED) is 0.744. The number of hydrogen-bond donors (Lipinski definition) is 0. The van der Waals surface area contributed by atoms with Gasteiger partial charge in [0.25, 0.3) is 0 Å². The van der Waals surface area contributed by atoms with Crippen molar-refractivity contribution in [1.29, 1.82) is 0 Å². The van der Waals surface area contributed by atoms with E-state index in [-0.39, 0.29) is 5.78 Å². The number of carbonyl (C=O) groups is 1. The van der Waals surface area contributed by atoms with Crippen LogP contribution >= 0.6 is 11.3 Å². The molecule has 78 valence electrons. The first-order valence-corrected chi connectivity index (χ1v) is 5.71. The third-order valence-corrected chi connectivity index (χ3v) is 3.24. The fourth-order valence-electron chi connectivity index (χ4n) is 1.47. The Morgan fingerprint density at radius 2 is 2.33 bits per heavy atom. The number of ketones is 1. The van der Waals surface area contributed by atoms with Crippen LogP contribution in [0.2, 0.25) is 0 Å². The van der Waals surface area contributed by atoms with Crippen LogP contribution in [0.1, 0.15) is 27.9 Å². The number of aromatic nitrogens is 2. The van der Waals surface area contributed by atoms with Gasteiger partial charge in [0, 0.05) is 13.2 Å². The third-order valence-electron chi connectivity index (χ3n) is 2.28. The van der Waals surface area contributed by atoms with Gasteiger partial charge in [-0.05, 0) is 29.5 Å². The van der Waals surface area contributed by atoms with E-state index < -0.39 is 0 Å². The smallest absolute Gasteiger partial charge is 0.223 e. The number of thiophene rings is 1. The summed E-state index contributed by atoms with van der Waals surface area (Å²) in [7, 11) is 1.81. The standard InChI is InChI=1S/C11H12N2OS/c1-3-8-5-7-15-11(8)10(14)9-4-6-13(2)12-9/h4-7H,3H2,1-2H3. The van der Waals surface area contributed by atoms with Crippen LogP contribution in [-0.2, 0) is 13.5 Å². The predicted octanol–water partition coefficient (Wildman–Crippen LogP) is 2.28. The highest BCUT2D eigenvalue weighted by Gasteiger charge is 2.16. The van der Waals surface area contributed by atoms with Crippen LogP contribution in [0.4, 0.5) is 0 Å². The van der Waals surface area contributed by atoms with Crippen molar-refractivity contribution in [3.8, 4) is 0 Å². The highest BCUT2D eigenvalue weighted by Crippen LogP contribution is 2.20. The molecule has 0 spiro atoms. The van der Waals surface area contributed by atoms with E-state index in [2.05, 4.69) is 12.0 Å². The number of carbonyl (C=O) groups excluding carboxylic acids is 1. The second-order valence-electron chi connectivity index (χ2n) is 3.33. The first kappa shape index (κ1) is 10.1. The van der Waals surface area contributed by atoms with Crippen molar-refractivity contribution in [3.05, 3.63) is 39.8 Å². The van der Waals surface area contributed by atoms with Crippen LogP contribution in [-0.4, -0.2) is 15.6 Å². The van der Waals surface area contributed by atoms with E-state index in [4.69, 9.17) is 0 Å². The molecule has 0 saturated carbocycles. The molecule has 0 radical (unpaired) electrons. The van der Waals surface area contributed by atoms with Crippen LogP contribution < -0.4 is 0 Å². The number of hydrogen-bond acceptors (Lipinski definition) is 3. The van der Waals surface area contributed by atoms with Crippen molar-refractivity contribution in [1.82, 2.24) is 9.78 Å². The molecule has 3 nitrogen and oxygen atoms in total. The van der Waals surface area contributed by atoms with Crippen molar-refractivity contribution >= 4 is 17.1 Å². The third kappa shape index (κ3) is 1.85. The van der Waals surface area contributed by atoms with E-state index in [1.807, 2.05) is 18.5 Å².